The third-order valence-electron chi connectivity index (χ3n) is 2.03. The van der Waals surface area contributed by atoms with Crippen molar-refractivity contribution in [1.29, 1.82) is 0 Å². The summed E-state index contributed by atoms with van der Waals surface area (Å²) in [6, 6.07) is -0.840. The summed E-state index contributed by atoms with van der Waals surface area (Å²) < 4.78 is 21.8. The van der Waals surface area contributed by atoms with Crippen LogP contribution in [0.3, 0.4) is 0 Å². The van der Waals surface area contributed by atoms with Crippen LogP contribution in [0.15, 0.2) is 6.33 Å². The van der Waals surface area contributed by atoms with Gasteiger partial charge in [-0.15, -0.1) is 0 Å². The van der Waals surface area contributed by atoms with Crippen molar-refractivity contribution in [3.63, 3.8) is 0 Å². The first-order valence-corrected chi connectivity index (χ1v) is 7.00. The largest absolute Gasteiger partial charge is 0.347 e. The molecular weight excluding hydrogens is 246 g/mol. The Morgan fingerprint density at radius 2 is 2.35 bits per heavy atom. The molecular formula is C8H15N5O3S. The summed E-state index contributed by atoms with van der Waals surface area (Å²) in [7, 11) is -3.10. The molecule has 1 atom stereocenters. The van der Waals surface area contributed by atoms with E-state index in [1.807, 2.05) is 0 Å². The van der Waals surface area contributed by atoms with E-state index in [1.165, 1.54) is 6.33 Å². The van der Waals surface area contributed by atoms with Gasteiger partial charge in [-0.3, -0.25) is 9.89 Å². The number of carbonyl (C=O) groups is 1. The molecule has 0 bridgehead atoms. The summed E-state index contributed by atoms with van der Waals surface area (Å²) in [6.07, 6.45) is 2.53. The average molecular weight is 261 g/mol. The second-order valence-electron chi connectivity index (χ2n) is 3.68. The highest BCUT2D eigenvalue weighted by molar-refractivity contribution is 7.90. The first-order chi connectivity index (χ1) is 7.88. The zero-order valence-corrected chi connectivity index (χ0v) is 10.2. The topological polar surface area (TPSA) is 131 Å². The number of nitrogens with two attached hydrogens (primary N) is 1. The maximum absolute atomic E-state index is 11.5. The van der Waals surface area contributed by atoms with Crippen LogP contribution in [0.1, 0.15) is 12.2 Å². The molecule has 1 amide bonds. The van der Waals surface area contributed by atoms with Gasteiger partial charge >= 0.3 is 0 Å². The van der Waals surface area contributed by atoms with E-state index in [0.717, 1.165) is 6.26 Å². The van der Waals surface area contributed by atoms with Crippen LogP contribution >= 0.6 is 0 Å². The highest BCUT2D eigenvalue weighted by Gasteiger charge is 2.15. The number of rotatable bonds is 6. The van der Waals surface area contributed by atoms with Crippen molar-refractivity contribution >= 4 is 15.7 Å². The van der Waals surface area contributed by atoms with Gasteiger partial charge in [-0.05, 0) is 6.42 Å². The highest BCUT2D eigenvalue weighted by Crippen LogP contribution is 1.94. The lowest BCUT2D eigenvalue weighted by Gasteiger charge is -2.10. The Balaban J connectivity index is 2.32. The summed E-state index contributed by atoms with van der Waals surface area (Å²) in [5.74, 6) is -0.0112. The van der Waals surface area contributed by atoms with E-state index in [9.17, 15) is 13.2 Å². The number of aromatic nitrogens is 3. The third kappa shape index (κ3) is 5.41. The lowest BCUT2D eigenvalue weighted by Crippen LogP contribution is -2.41. The quantitative estimate of drug-likeness (QED) is 0.552. The third-order valence-corrected chi connectivity index (χ3v) is 3.01. The molecule has 0 fully saturated rings. The van der Waals surface area contributed by atoms with E-state index in [4.69, 9.17) is 5.73 Å². The van der Waals surface area contributed by atoms with Crippen molar-refractivity contribution in [1.82, 2.24) is 20.5 Å². The summed E-state index contributed by atoms with van der Waals surface area (Å²) >= 11 is 0. The molecule has 9 heteroatoms. The Kier molecular flexibility index (Phi) is 4.58. The number of nitrogens with zero attached hydrogens (tertiary/aromatic N) is 2. The molecule has 1 heterocycles. The Bertz CT molecular complexity index is 456. The minimum Gasteiger partial charge on any atom is -0.347 e. The lowest BCUT2D eigenvalue weighted by molar-refractivity contribution is -0.122. The fourth-order valence-electron chi connectivity index (χ4n) is 1.09. The minimum absolute atomic E-state index is 0.0983. The minimum atomic E-state index is -3.10. The molecule has 0 radical (unpaired) electrons. The summed E-state index contributed by atoms with van der Waals surface area (Å²) in [5.41, 5.74) is 5.54. The lowest BCUT2D eigenvalue weighted by atomic mass is 10.2. The van der Waals surface area contributed by atoms with E-state index in [0.29, 0.717) is 5.82 Å². The molecule has 17 heavy (non-hydrogen) atoms. The number of amides is 1. The SMILES string of the molecule is CS(=O)(=O)CCC(N)C(=O)NCc1ncn[nH]1. The Morgan fingerprint density at radius 3 is 2.88 bits per heavy atom. The molecule has 0 saturated carbocycles. The van der Waals surface area contributed by atoms with Crippen LogP contribution in [0.25, 0.3) is 0 Å². The maximum Gasteiger partial charge on any atom is 0.237 e. The zero-order chi connectivity index (χ0) is 12.9. The second-order valence-corrected chi connectivity index (χ2v) is 5.93. The van der Waals surface area contributed by atoms with Gasteiger partial charge in [0.15, 0.2) is 0 Å². The summed E-state index contributed by atoms with van der Waals surface area (Å²) in [5, 5.41) is 8.72. The smallest absolute Gasteiger partial charge is 0.237 e. The van der Waals surface area contributed by atoms with E-state index in [1.54, 1.807) is 0 Å². The van der Waals surface area contributed by atoms with Crippen LogP contribution in [-0.4, -0.2) is 47.6 Å². The van der Waals surface area contributed by atoms with Crippen molar-refractivity contribution in [2.75, 3.05) is 12.0 Å². The van der Waals surface area contributed by atoms with Crippen molar-refractivity contribution in [2.24, 2.45) is 5.73 Å². The predicted octanol–water partition coefficient (Wildman–Crippen LogP) is -1.82. The first kappa shape index (κ1) is 13.6. The molecule has 0 spiro atoms. The van der Waals surface area contributed by atoms with Crippen LogP contribution in [0.5, 0.6) is 0 Å². The number of carbonyl (C=O) groups excluding carboxylic acids is 1. The monoisotopic (exact) mass is 261 g/mol. The van der Waals surface area contributed by atoms with Crippen LogP contribution in [0.2, 0.25) is 0 Å². The van der Waals surface area contributed by atoms with Crippen LogP contribution < -0.4 is 11.1 Å². The fourth-order valence-corrected chi connectivity index (χ4v) is 1.77. The van der Waals surface area contributed by atoms with E-state index in [-0.39, 0.29) is 18.7 Å². The fraction of sp³-hybridized carbons (Fsp3) is 0.625. The maximum atomic E-state index is 11.5. The van der Waals surface area contributed by atoms with Gasteiger partial charge in [0, 0.05) is 6.26 Å². The van der Waals surface area contributed by atoms with Gasteiger partial charge in [-0.2, -0.15) is 5.10 Å². The van der Waals surface area contributed by atoms with E-state index in [2.05, 4.69) is 20.5 Å². The molecule has 8 nitrogen and oxygen atoms in total. The van der Waals surface area contributed by atoms with Crippen LogP contribution in [-0.2, 0) is 21.2 Å². The average Bonchev–Trinajstić information content (AvgIpc) is 2.74. The summed E-state index contributed by atoms with van der Waals surface area (Å²) in [6.45, 7) is 0.186. The van der Waals surface area contributed by atoms with Crippen molar-refractivity contribution in [3.05, 3.63) is 12.2 Å². The number of aromatic amines is 1. The number of sulfone groups is 1. The van der Waals surface area contributed by atoms with E-state index < -0.39 is 21.8 Å². The molecule has 4 N–H and O–H groups in total. The highest BCUT2D eigenvalue weighted by atomic mass is 32.2. The Hall–Kier alpha value is -1.48. The van der Waals surface area contributed by atoms with E-state index >= 15 is 0 Å². The van der Waals surface area contributed by atoms with Gasteiger partial charge < -0.3 is 11.1 Å². The molecule has 0 aliphatic heterocycles. The van der Waals surface area contributed by atoms with Gasteiger partial charge in [0.05, 0.1) is 18.3 Å². The molecule has 0 aliphatic rings. The molecule has 0 saturated heterocycles. The van der Waals surface area contributed by atoms with Crippen LogP contribution in [0.4, 0.5) is 0 Å². The molecule has 1 unspecified atom stereocenters. The normalized spacial score (nSPS) is 13.3. The molecule has 1 aromatic rings. The zero-order valence-electron chi connectivity index (χ0n) is 9.38. The molecule has 96 valence electrons. The molecule has 1 rings (SSSR count). The standard InChI is InChI=1S/C8H15N5O3S/c1-17(15,16)3-2-6(9)8(14)10-4-7-11-5-12-13-7/h5-6H,2-4,9H2,1H3,(H,10,14)(H,11,12,13). The van der Waals surface area contributed by atoms with Gasteiger partial charge in [0.1, 0.15) is 22.0 Å². The Morgan fingerprint density at radius 1 is 1.65 bits per heavy atom. The van der Waals surface area contributed by atoms with Crippen molar-refractivity contribution < 1.29 is 13.2 Å². The second kappa shape index (κ2) is 5.73. The van der Waals surface area contributed by atoms with Crippen molar-refractivity contribution in [2.45, 2.75) is 19.0 Å². The molecule has 1 aromatic heterocycles. The van der Waals surface area contributed by atoms with Gasteiger partial charge in [-0.1, -0.05) is 0 Å². The van der Waals surface area contributed by atoms with Crippen LogP contribution in [0, 0.1) is 0 Å². The van der Waals surface area contributed by atoms with Gasteiger partial charge in [-0.25, -0.2) is 13.4 Å². The molecule has 0 aromatic carbocycles. The molecule has 0 aliphatic carbocycles. The number of nitrogens with one attached hydrogen (secondary N) is 2. The number of hydrogen-bond donors (Lipinski definition) is 3. The van der Waals surface area contributed by atoms with Gasteiger partial charge in [0.25, 0.3) is 0 Å². The number of H-pyrrole nitrogens is 1. The Labute approximate surface area is 98.9 Å². The number of hydrogen-bond acceptors (Lipinski definition) is 6. The summed E-state index contributed by atoms with van der Waals surface area (Å²) in [4.78, 5) is 15.3. The first-order valence-electron chi connectivity index (χ1n) is 4.94. The van der Waals surface area contributed by atoms with Gasteiger partial charge in [0.2, 0.25) is 5.91 Å². The predicted molar refractivity (Wildman–Crippen MR) is 60.5 cm³/mol. The van der Waals surface area contributed by atoms with Crippen molar-refractivity contribution in [3.8, 4) is 0 Å².